The molecule has 0 bridgehead atoms. The van der Waals surface area contributed by atoms with Crippen molar-refractivity contribution in [1.29, 1.82) is 0 Å². The Morgan fingerprint density at radius 3 is 3.00 bits per heavy atom. The third kappa shape index (κ3) is 2.85. The van der Waals surface area contributed by atoms with Crippen molar-refractivity contribution in [3.05, 3.63) is 17.5 Å². The zero-order valence-corrected chi connectivity index (χ0v) is 10.1. The van der Waals surface area contributed by atoms with E-state index in [-0.39, 0.29) is 24.5 Å². The van der Waals surface area contributed by atoms with Gasteiger partial charge in [0.15, 0.2) is 0 Å². The summed E-state index contributed by atoms with van der Waals surface area (Å²) in [7, 11) is 0. The number of aliphatic hydroxyl groups is 1. The molecular formula is C12H19N3O2. The fourth-order valence-corrected chi connectivity index (χ4v) is 2.39. The van der Waals surface area contributed by atoms with Crippen molar-refractivity contribution in [2.45, 2.75) is 38.6 Å². The molecule has 0 saturated heterocycles. The first kappa shape index (κ1) is 12.1. The highest BCUT2D eigenvalue weighted by Crippen LogP contribution is 2.24. The van der Waals surface area contributed by atoms with Gasteiger partial charge in [-0.1, -0.05) is 12.8 Å². The predicted molar refractivity (Wildman–Crippen MR) is 63.6 cm³/mol. The second-order valence-corrected chi connectivity index (χ2v) is 4.74. The van der Waals surface area contributed by atoms with Gasteiger partial charge in [0.2, 0.25) is 0 Å². The number of carbonyl (C=O) groups excluding carboxylic acids is 1. The number of aryl methyl sites for hydroxylation is 1. The molecule has 2 unspecified atom stereocenters. The van der Waals surface area contributed by atoms with E-state index in [1.807, 2.05) is 6.92 Å². The van der Waals surface area contributed by atoms with Crippen molar-refractivity contribution in [2.75, 3.05) is 6.61 Å². The number of aromatic amines is 1. The van der Waals surface area contributed by atoms with E-state index in [1.54, 1.807) is 6.07 Å². The van der Waals surface area contributed by atoms with Crippen LogP contribution in [-0.4, -0.2) is 33.9 Å². The first-order chi connectivity index (χ1) is 8.20. The lowest BCUT2D eigenvalue weighted by atomic mass is 9.85. The molecule has 2 atom stereocenters. The normalized spacial score (nSPS) is 24.6. The zero-order valence-electron chi connectivity index (χ0n) is 10.1. The highest BCUT2D eigenvalue weighted by Gasteiger charge is 2.26. The summed E-state index contributed by atoms with van der Waals surface area (Å²) in [4.78, 5) is 11.9. The van der Waals surface area contributed by atoms with E-state index in [1.165, 1.54) is 0 Å². The van der Waals surface area contributed by atoms with E-state index in [0.717, 1.165) is 31.4 Å². The highest BCUT2D eigenvalue weighted by atomic mass is 16.3. The number of rotatable bonds is 3. The molecule has 0 aromatic carbocycles. The molecule has 1 aromatic heterocycles. The van der Waals surface area contributed by atoms with Crippen LogP contribution in [0.2, 0.25) is 0 Å². The number of aromatic nitrogens is 2. The van der Waals surface area contributed by atoms with Gasteiger partial charge >= 0.3 is 0 Å². The molecule has 0 spiro atoms. The smallest absolute Gasteiger partial charge is 0.272 e. The maximum atomic E-state index is 11.9. The maximum absolute atomic E-state index is 11.9. The summed E-state index contributed by atoms with van der Waals surface area (Å²) in [5.74, 6) is 0.0347. The lowest BCUT2D eigenvalue weighted by Crippen LogP contribution is -2.43. The van der Waals surface area contributed by atoms with Gasteiger partial charge in [0, 0.05) is 24.3 Å². The minimum Gasteiger partial charge on any atom is -0.396 e. The van der Waals surface area contributed by atoms with Gasteiger partial charge in [0.05, 0.1) is 0 Å². The summed E-state index contributed by atoms with van der Waals surface area (Å²) in [5.41, 5.74) is 1.29. The Bertz CT molecular complexity index is 389. The minimum absolute atomic E-state index is 0.0817. The number of amides is 1. The van der Waals surface area contributed by atoms with Crippen molar-refractivity contribution < 1.29 is 9.90 Å². The van der Waals surface area contributed by atoms with Gasteiger partial charge in [-0.3, -0.25) is 9.89 Å². The zero-order chi connectivity index (χ0) is 12.3. The Kier molecular flexibility index (Phi) is 3.78. The van der Waals surface area contributed by atoms with E-state index in [0.29, 0.717) is 5.69 Å². The summed E-state index contributed by atoms with van der Waals surface area (Å²) < 4.78 is 0. The van der Waals surface area contributed by atoms with Crippen molar-refractivity contribution in [3.63, 3.8) is 0 Å². The van der Waals surface area contributed by atoms with Crippen LogP contribution in [0.1, 0.15) is 41.9 Å². The highest BCUT2D eigenvalue weighted by molar-refractivity contribution is 5.92. The number of aliphatic hydroxyl groups excluding tert-OH is 1. The molecule has 1 saturated carbocycles. The topological polar surface area (TPSA) is 78.0 Å². The molecule has 1 fully saturated rings. The summed E-state index contributed by atoms with van der Waals surface area (Å²) in [6.07, 6.45) is 4.18. The monoisotopic (exact) mass is 237 g/mol. The van der Waals surface area contributed by atoms with Crippen molar-refractivity contribution in [1.82, 2.24) is 15.5 Å². The number of hydrogen-bond donors (Lipinski definition) is 3. The van der Waals surface area contributed by atoms with Crippen molar-refractivity contribution in [3.8, 4) is 0 Å². The van der Waals surface area contributed by atoms with Gasteiger partial charge in [-0.15, -0.1) is 0 Å². The molecular weight excluding hydrogens is 218 g/mol. The number of H-pyrrole nitrogens is 1. The Morgan fingerprint density at radius 2 is 2.35 bits per heavy atom. The number of hydrogen-bond acceptors (Lipinski definition) is 3. The van der Waals surface area contributed by atoms with Gasteiger partial charge in [0.1, 0.15) is 5.69 Å². The Morgan fingerprint density at radius 1 is 1.59 bits per heavy atom. The molecule has 5 heteroatoms. The van der Waals surface area contributed by atoms with Crippen LogP contribution in [0.25, 0.3) is 0 Å². The molecule has 1 aromatic rings. The molecule has 0 aliphatic heterocycles. The Balaban J connectivity index is 1.97. The molecule has 3 N–H and O–H groups in total. The summed E-state index contributed by atoms with van der Waals surface area (Å²) >= 11 is 0. The van der Waals surface area contributed by atoms with E-state index >= 15 is 0 Å². The number of nitrogens with zero attached hydrogens (tertiary/aromatic N) is 1. The van der Waals surface area contributed by atoms with E-state index < -0.39 is 0 Å². The number of carbonyl (C=O) groups is 1. The van der Waals surface area contributed by atoms with Crippen LogP contribution in [-0.2, 0) is 0 Å². The lowest BCUT2D eigenvalue weighted by molar-refractivity contribution is 0.0867. The third-order valence-corrected chi connectivity index (χ3v) is 3.40. The molecule has 1 amide bonds. The fourth-order valence-electron chi connectivity index (χ4n) is 2.39. The van der Waals surface area contributed by atoms with Gasteiger partial charge < -0.3 is 10.4 Å². The molecule has 94 valence electrons. The fraction of sp³-hybridized carbons (Fsp3) is 0.667. The summed E-state index contributed by atoms with van der Waals surface area (Å²) in [5, 5.41) is 18.9. The van der Waals surface area contributed by atoms with Gasteiger partial charge in [-0.2, -0.15) is 5.10 Å². The molecule has 2 rings (SSSR count). The molecule has 17 heavy (non-hydrogen) atoms. The Labute approximate surface area is 101 Å². The molecule has 1 aliphatic carbocycles. The van der Waals surface area contributed by atoms with Crippen molar-refractivity contribution in [2.24, 2.45) is 5.92 Å². The molecule has 5 nitrogen and oxygen atoms in total. The predicted octanol–water partition coefficient (Wildman–Crippen LogP) is 0.999. The summed E-state index contributed by atoms with van der Waals surface area (Å²) in [6, 6.07) is 1.81. The standard InChI is InChI=1S/C12H19N3O2/c1-8-6-11(15-14-8)12(17)13-10-5-3-2-4-9(10)7-16/h6,9-10,16H,2-5,7H2,1H3,(H,13,17)(H,14,15). The lowest BCUT2D eigenvalue weighted by Gasteiger charge is -2.30. The van der Waals surface area contributed by atoms with Gasteiger partial charge in [-0.25, -0.2) is 0 Å². The molecule has 1 aliphatic rings. The van der Waals surface area contributed by atoms with Crippen LogP contribution in [0.4, 0.5) is 0 Å². The maximum Gasteiger partial charge on any atom is 0.272 e. The third-order valence-electron chi connectivity index (χ3n) is 3.40. The van der Waals surface area contributed by atoms with Crippen LogP contribution in [0, 0.1) is 12.8 Å². The number of nitrogens with one attached hydrogen (secondary N) is 2. The molecule has 0 radical (unpaired) electrons. The molecule has 1 heterocycles. The second kappa shape index (κ2) is 5.31. The first-order valence-electron chi connectivity index (χ1n) is 6.14. The summed E-state index contributed by atoms with van der Waals surface area (Å²) in [6.45, 7) is 2.01. The van der Waals surface area contributed by atoms with Crippen LogP contribution >= 0.6 is 0 Å². The van der Waals surface area contributed by atoms with Gasteiger partial charge in [-0.05, 0) is 25.8 Å². The van der Waals surface area contributed by atoms with Crippen LogP contribution < -0.4 is 5.32 Å². The first-order valence-corrected chi connectivity index (χ1v) is 6.14. The SMILES string of the molecule is Cc1cc(C(=O)NC2CCCCC2CO)n[nH]1. The minimum atomic E-state index is -0.153. The average Bonchev–Trinajstić information content (AvgIpc) is 2.77. The quantitative estimate of drug-likeness (QED) is 0.734. The van der Waals surface area contributed by atoms with Crippen LogP contribution in [0.5, 0.6) is 0 Å². The van der Waals surface area contributed by atoms with E-state index in [2.05, 4.69) is 15.5 Å². The Hall–Kier alpha value is -1.36. The van der Waals surface area contributed by atoms with Crippen LogP contribution in [0.3, 0.4) is 0 Å². The van der Waals surface area contributed by atoms with E-state index in [9.17, 15) is 9.90 Å². The average molecular weight is 237 g/mol. The van der Waals surface area contributed by atoms with Gasteiger partial charge in [0.25, 0.3) is 5.91 Å². The van der Waals surface area contributed by atoms with E-state index in [4.69, 9.17) is 0 Å². The second-order valence-electron chi connectivity index (χ2n) is 4.74. The van der Waals surface area contributed by atoms with Crippen LogP contribution in [0.15, 0.2) is 6.07 Å². The van der Waals surface area contributed by atoms with Crippen molar-refractivity contribution >= 4 is 5.91 Å². The largest absolute Gasteiger partial charge is 0.396 e.